The highest BCUT2D eigenvalue weighted by molar-refractivity contribution is 5.84. The summed E-state index contributed by atoms with van der Waals surface area (Å²) < 4.78 is 15.4. The smallest absolute Gasteiger partial charge is 0.410 e. The van der Waals surface area contributed by atoms with Crippen molar-refractivity contribution in [3.8, 4) is 0 Å². The van der Waals surface area contributed by atoms with Crippen LogP contribution in [0.1, 0.15) is 40.2 Å². The van der Waals surface area contributed by atoms with Gasteiger partial charge in [-0.3, -0.25) is 4.90 Å². The molecular formula is C19H27NO6. The zero-order valence-corrected chi connectivity index (χ0v) is 16.1. The average Bonchev–Trinajstić information content (AvgIpc) is 2.57. The predicted molar refractivity (Wildman–Crippen MR) is 95.3 cm³/mol. The number of carbonyl (C=O) groups excluding carboxylic acids is 3. The Morgan fingerprint density at radius 1 is 1.04 bits per heavy atom. The van der Waals surface area contributed by atoms with Gasteiger partial charge in [0.2, 0.25) is 0 Å². The summed E-state index contributed by atoms with van der Waals surface area (Å²) in [4.78, 5) is 37.2. The van der Waals surface area contributed by atoms with Crippen molar-refractivity contribution in [3.05, 3.63) is 35.9 Å². The lowest BCUT2D eigenvalue weighted by Crippen LogP contribution is -2.45. The van der Waals surface area contributed by atoms with E-state index in [-0.39, 0.29) is 6.61 Å². The van der Waals surface area contributed by atoms with Gasteiger partial charge in [0, 0.05) is 7.05 Å². The molecule has 0 spiro atoms. The van der Waals surface area contributed by atoms with E-state index in [9.17, 15) is 14.4 Å². The molecule has 1 aromatic carbocycles. The number of rotatable bonds is 6. The minimum atomic E-state index is -1.08. The van der Waals surface area contributed by atoms with E-state index >= 15 is 0 Å². The molecule has 0 bridgehead atoms. The number of carbonyl (C=O) groups is 3. The van der Waals surface area contributed by atoms with Gasteiger partial charge in [0.1, 0.15) is 18.2 Å². The molecule has 7 nitrogen and oxygen atoms in total. The number of amides is 1. The van der Waals surface area contributed by atoms with E-state index in [1.165, 1.54) is 20.9 Å². The summed E-state index contributed by atoms with van der Waals surface area (Å²) in [5.41, 5.74) is 0.154. The van der Waals surface area contributed by atoms with E-state index in [4.69, 9.17) is 14.2 Å². The van der Waals surface area contributed by atoms with Crippen LogP contribution >= 0.6 is 0 Å². The van der Waals surface area contributed by atoms with Gasteiger partial charge in [0.05, 0.1) is 0 Å². The van der Waals surface area contributed by atoms with Crippen LogP contribution in [0.5, 0.6) is 0 Å². The van der Waals surface area contributed by atoms with Gasteiger partial charge in [-0.2, -0.15) is 0 Å². The Morgan fingerprint density at radius 3 is 2.15 bits per heavy atom. The van der Waals surface area contributed by atoms with Crippen molar-refractivity contribution in [2.24, 2.45) is 0 Å². The zero-order valence-electron chi connectivity index (χ0n) is 16.1. The van der Waals surface area contributed by atoms with E-state index in [1.807, 2.05) is 30.3 Å². The molecule has 7 heteroatoms. The molecule has 0 unspecified atom stereocenters. The van der Waals surface area contributed by atoms with Crippen LogP contribution in [0.4, 0.5) is 4.79 Å². The van der Waals surface area contributed by atoms with E-state index in [0.29, 0.717) is 0 Å². The summed E-state index contributed by atoms with van der Waals surface area (Å²) in [6.07, 6.45) is -1.73. The Balaban J connectivity index is 2.51. The summed E-state index contributed by atoms with van der Waals surface area (Å²) in [6, 6.07) is 8.26. The summed E-state index contributed by atoms with van der Waals surface area (Å²) in [7, 11) is 1.43. The fourth-order valence-corrected chi connectivity index (χ4v) is 1.82. The van der Waals surface area contributed by atoms with Crippen molar-refractivity contribution in [1.82, 2.24) is 4.90 Å². The van der Waals surface area contributed by atoms with Crippen molar-refractivity contribution in [3.63, 3.8) is 0 Å². The number of nitrogens with zero attached hydrogens (tertiary/aromatic N) is 1. The first-order valence-electron chi connectivity index (χ1n) is 8.38. The molecule has 1 rings (SSSR count). The minimum absolute atomic E-state index is 0.0922. The summed E-state index contributed by atoms with van der Waals surface area (Å²) >= 11 is 0. The van der Waals surface area contributed by atoms with Gasteiger partial charge in [-0.15, -0.1) is 0 Å². The minimum Gasteiger partial charge on any atom is -0.458 e. The van der Waals surface area contributed by atoms with Crippen LogP contribution in [0.3, 0.4) is 0 Å². The zero-order chi connectivity index (χ0) is 19.9. The molecule has 0 saturated heterocycles. The number of benzene rings is 1. The molecule has 0 aliphatic rings. The molecule has 0 N–H and O–H groups in total. The van der Waals surface area contributed by atoms with Crippen molar-refractivity contribution in [2.75, 3.05) is 7.05 Å². The number of hydrogen-bond donors (Lipinski definition) is 0. The molecule has 1 amide bonds. The van der Waals surface area contributed by atoms with Gasteiger partial charge in [-0.25, -0.2) is 14.4 Å². The Kier molecular flexibility index (Phi) is 7.61. The van der Waals surface area contributed by atoms with Crippen LogP contribution in [0.2, 0.25) is 0 Å². The second-order valence-corrected chi connectivity index (χ2v) is 6.94. The maximum Gasteiger partial charge on any atom is 0.410 e. The number of likely N-dealkylation sites (N-methyl/N-ethyl adjacent to an activating group) is 1. The van der Waals surface area contributed by atoms with Gasteiger partial charge in [-0.05, 0) is 40.2 Å². The van der Waals surface area contributed by atoms with Crippen molar-refractivity contribution in [1.29, 1.82) is 0 Å². The van der Waals surface area contributed by atoms with Gasteiger partial charge >= 0.3 is 18.0 Å². The topological polar surface area (TPSA) is 82.1 Å². The summed E-state index contributed by atoms with van der Waals surface area (Å²) in [5.74, 6) is -1.38. The summed E-state index contributed by atoms with van der Waals surface area (Å²) in [5, 5.41) is 0. The van der Waals surface area contributed by atoms with Crippen LogP contribution in [0.15, 0.2) is 30.3 Å². The maximum absolute atomic E-state index is 12.2. The van der Waals surface area contributed by atoms with Crippen molar-refractivity contribution >= 4 is 18.0 Å². The van der Waals surface area contributed by atoms with Crippen LogP contribution in [-0.2, 0) is 30.4 Å². The lowest BCUT2D eigenvalue weighted by molar-refractivity contribution is -0.169. The van der Waals surface area contributed by atoms with Crippen LogP contribution in [0.25, 0.3) is 0 Å². The maximum atomic E-state index is 12.2. The highest BCUT2D eigenvalue weighted by Gasteiger charge is 2.30. The van der Waals surface area contributed by atoms with Crippen molar-refractivity contribution < 1.29 is 28.6 Å². The lowest BCUT2D eigenvalue weighted by atomic mass is 10.2. The molecule has 1 aromatic rings. The lowest BCUT2D eigenvalue weighted by Gasteiger charge is -2.28. The molecule has 0 aromatic heterocycles. The predicted octanol–water partition coefficient (Wildman–Crippen LogP) is 2.92. The Bertz CT molecular complexity index is 623. The molecule has 144 valence electrons. The normalized spacial score (nSPS) is 13.3. The Morgan fingerprint density at radius 2 is 1.62 bits per heavy atom. The molecule has 0 radical (unpaired) electrons. The molecular weight excluding hydrogens is 338 g/mol. The number of esters is 2. The van der Waals surface area contributed by atoms with E-state index in [2.05, 4.69) is 0 Å². The van der Waals surface area contributed by atoms with E-state index in [0.717, 1.165) is 10.5 Å². The third-order valence-corrected chi connectivity index (χ3v) is 3.45. The monoisotopic (exact) mass is 365 g/mol. The van der Waals surface area contributed by atoms with Gasteiger partial charge in [0.25, 0.3) is 0 Å². The van der Waals surface area contributed by atoms with Gasteiger partial charge in [-0.1, -0.05) is 30.3 Å². The second-order valence-electron chi connectivity index (χ2n) is 6.94. The van der Waals surface area contributed by atoms with E-state index in [1.54, 1.807) is 20.8 Å². The van der Waals surface area contributed by atoms with Gasteiger partial charge < -0.3 is 14.2 Å². The summed E-state index contributed by atoms with van der Waals surface area (Å²) in [6.45, 7) is 8.19. The molecule has 0 aliphatic carbocycles. The highest BCUT2D eigenvalue weighted by Crippen LogP contribution is 2.12. The fraction of sp³-hybridized carbons (Fsp3) is 0.526. The van der Waals surface area contributed by atoms with Gasteiger partial charge in [0.15, 0.2) is 6.10 Å². The first-order chi connectivity index (χ1) is 12.0. The molecule has 0 fully saturated rings. The molecule has 26 heavy (non-hydrogen) atoms. The SMILES string of the molecule is C[C@@H](OC(=O)[C@H](C)N(C)C(=O)OC(C)(C)C)C(=O)OCc1ccccc1. The molecule has 2 atom stereocenters. The largest absolute Gasteiger partial charge is 0.458 e. The quantitative estimate of drug-likeness (QED) is 0.569. The molecule has 0 aliphatic heterocycles. The first-order valence-corrected chi connectivity index (χ1v) is 8.38. The van der Waals surface area contributed by atoms with Crippen LogP contribution < -0.4 is 0 Å². The fourth-order valence-electron chi connectivity index (χ4n) is 1.82. The standard InChI is InChI=1S/C19H27NO6/c1-13(20(6)18(23)26-19(3,4)5)16(21)25-14(2)17(22)24-12-15-10-8-7-9-11-15/h7-11,13-14H,12H2,1-6H3/t13-,14+/m0/s1. The number of hydrogen-bond acceptors (Lipinski definition) is 6. The molecule has 0 saturated carbocycles. The van der Waals surface area contributed by atoms with Crippen LogP contribution in [0, 0.1) is 0 Å². The van der Waals surface area contributed by atoms with Crippen molar-refractivity contribution in [2.45, 2.75) is 59.0 Å². The Labute approximate surface area is 154 Å². The third kappa shape index (κ3) is 7.13. The Hall–Kier alpha value is -2.57. The first kappa shape index (κ1) is 21.5. The number of ether oxygens (including phenoxy) is 3. The highest BCUT2D eigenvalue weighted by atomic mass is 16.6. The molecule has 0 heterocycles. The average molecular weight is 365 g/mol. The second kappa shape index (κ2) is 9.22. The third-order valence-electron chi connectivity index (χ3n) is 3.45. The van der Waals surface area contributed by atoms with Crippen LogP contribution in [-0.4, -0.2) is 47.7 Å². The van der Waals surface area contributed by atoms with E-state index < -0.39 is 35.8 Å².